The van der Waals surface area contributed by atoms with Gasteiger partial charge in [0.25, 0.3) is 0 Å². The number of carbonyl (C=O) groups is 1. The monoisotopic (exact) mass is 260 g/mol. The molecule has 2 rings (SSSR count). The predicted octanol–water partition coefficient (Wildman–Crippen LogP) is 1.66. The lowest BCUT2D eigenvalue weighted by Crippen LogP contribution is -2.30. The van der Waals surface area contributed by atoms with E-state index in [0.29, 0.717) is 6.54 Å². The molecule has 2 N–H and O–H groups in total. The molecule has 0 unspecified atom stereocenters. The third-order valence-corrected chi connectivity index (χ3v) is 3.40. The van der Waals surface area contributed by atoms with Crippen LogP contribution < -0.4 is 10.5 Å². The van der Waals surface area contributed by atoms with Crippen LogP contribution in [0.3, 0.4) is 0 Å². The highest BCUT2D eigenvalue weighted by Crippen LogP contribution is 2.20. The van der Waals surface area contributed by atoms with Gasteiger partial charge in [0.05, 0.1) is 7.11 Å². The molecule has 102 valence electrons. The molecule has 0 saturated carbocycles. The van der Waals surface area contributed by atoms with E-state index in [1.165, 1.54) is 0 Å². The Morgan fingerprint density at radius 1 is 1.53 bits per heavy atom. The SMILES string of the molecule is COc1cccc(/C(C)=C/C(=O)N2CC[C@@H](N)C2)c1. The van der Waals surface area contributed by atoms with E-state index in [-0.39, 0.29) is 11.9 Å². The van der Waals surface area contributed by atoms with Crippen LogP contribution in [0.25, 0.3) is 5.57 Å². The number of amides is 1. The highest BCUT2D eigenvalue weighted by molar-refractivity contribution is 5.95. The summed E-state index contributed by atoms with van der Waals surface area (Å²) in [6.07, 6.45) is 2.56. The Labute approximate surface area is 113 Å². The van der Waals surface area contributed by atoms with Crippen LogP contribution in [0.2, 0.25) is 0 Å². The van der Waals surface area contributed by atoms with E-state index in [9.17, 15) is 4.79 Å². The number of ether oxygens (including phenoxy) is 1. The van der Waals surface area contributed by atoms with Crippen LogP contribution in [-0.2, 0) is 4.79 Å². The molecule has 19 heavy (non-hydrogen) atoms. The summed E-state index contributed by atoms with van der Waals surface area (Å²) >= 11 is 0. The van der Waals surface area contributed by atoms with Crippen LogP contribution in [0, 0.1) is 0 Å². The summed E-state index contributed by atoms with van der Waals surface area (Å²) in [5.74, 6) is 0.828. The number of methoxy groups -OCH3 is 1. The maximum absolute atomic E-state index is 12.1. The van der Waals surface area contributed by atoms with Gasteiger partial charge in [-0.3, -0.25) is 4.79 Å². The molecule has 1 aromatic rings. The molecular weight excluding hydrogens is 240 g/mol. The molecule has 1 saturated heterocycles. The van der Waals surface area contributed by atoms with Gasteiger partial charge in [-0.2, -0.15) is 0 Å². The minimum Gasteiger partial charge on any atom is -0.497 e. The summed E-state index contributed by atoms with van der Waals surface area (Å²) in [6, 6.07) is 7.82. The number of rotatable bonds is 3. The Morgan fingerprint density at radius 2 is 2.32 bits per heavy atom. The van der Waals surface area contributed by atoms with Gasteiger partial charge in [-0.25, -0.2) is 0 Å². The first-order valence-corrected chi connectivity index (χ1v) is 6.47. The zero-order chi connectivity index (χ0) is 13.8. The molecule has 0 spiro atoms. The smallest absolute Gasteiger partial charge is 0.246 e. The van der Waals surface area contributed by atoms with Gasteiger partial charge in [-0.15, -0.1) is 0 Å². The minimum atomic E-state index is 0.0354. The third kappa shape index (κ3) is 3.35. The fourth-order valence-electron chi connectivity index (χ4n) is 2.22. The second-order valence-corrected chi connectivity index (χ2v) is 4.89. The Balaban J connectivity index is 2.11. The topological polar surface area (TPSA) is 55.6 Å². The van der Waals surface area contributed by atoms with Gasteiger partial charge >= 0.3 is 0 Å². The Hall–Kier alpha value is -1.81. The lowest BCUT2D eigenvalue weighted by atomic mass is 10.1. The van der Waals surface area contributed by atoms with Crippen molar-refractivity contribution < 1.29 is 9.53 Å². The van der Waals surface area contributed by atoms with E-state index >= 15 is 0 Å². The summed E-state index contributed by atoms with van der Waals surface area (Å²) in [5.41, 5.74) is 7.74. The molecule has 1 aliphatic rings. The molecule has 1 aliphatic heterocycles. The van der Waals surface area contributed by atoms with Crippen LogP contribution in [0.15, 0.2) is 30.3 Å². The molecule has 4 heteroatoms. The maximum atomic E-state index is 12.1. The molecule has 0 aromatic heterocycles. The summed E-state index contributed by atoms with van der Waals surface area (Å²) in [7, 11) is 1.63. The van der Waals surface area contributed by atoms with E-state index < -0.39 is 0 Å². The van der Waals surface area contributed by atoms with Crippen LogP contribution in [0.4, 0.5) is 0 Å². The summed E-state index contributed by atoms with van der Waals surface area (Å²) in [5, 5.41) is 0. The highest BCUT2D eigenvalue weighted by atomic mass is 16.5. The third-order valence-electron chi connectivity index (χ3n) is 3.40. The number of hydrogen-bond acceptors (Lipinski definition) is 3. The van der Waals surface area contributed by atoms with Crippen LogP contribution in [0.1, 0.15) is 18.9 Å². The summed E-state index contributed by atoms with van der Waals surface area (Å²) in [4.78, 5) is 13.9. The average Bonchev–Trinajstić information content (AvgIpc) is 2.85. The zero-order valence-electron chi connectivity index (χ0n) is 11.4. The molecule has 0 bridgehead atoms. The first-order chi connectivity index (χ1) is 9.10. The van der Waals surface area contributed by atoms with E-state index in [2.05, 4.69) is 0 Å². The van der Waals surface area contributed by atoms with Crippen LogP contribution in [-0.4, -0.2) is 37.0 Å². The largest absolute Gasteiger partial charge is 0.497 e. The van der Waals surface area contributed by atoms with E-state index in [4.69, 9.17) is 10.5 Å². The molecule has 1 heterocycles. The zero-order valence-corrected chi connectivity index (χ0v) is 11.4. The van der Waals surface area contributed by atoms with Gasteiger partial charge in [0, 0.05) is 25.2 Å². The highest BCUT2D eigenvalue weighted by Gasteiger charge is 2.22. The second-order valence-electron chi connectivity index (χ2n) is 4.89. The van der Waals surface area contributed by atoms with Crippen molar-refractivity contribution in [3.05, 3.63) is 35.9 Å². The Morgan fingerprint density at radius 3 is 2.95 bits per heavy atom. The molecule has 1 atom stereocenters. The number of nitrogens with zero attached hydrogens (tertiary/aromatic N) is 1. The van der Waals surface area contributed by atoms with Crippen molar-refractivity contribution in [1.82, 2.24) is 4.90 Å². The van der Waals surface area contributed by atoms with Gasteiger partial charge < -0.3 is 15.4 Å². The van der Waals surface area contributed by atoms with Gasteiger partial charge in [-0.05, 0) is 36.6 Å². The molecule has 1 aromatic carbocycles. The fourth-order valence-corrected chi connectivity index (χ4v) is 2.22. The standard InChI is InChI=1S/C15H20N2O2/c1-11(12-4-3-5-14(9-12)19-2)8-15(18)17-7-6-13(16)10-17/h3-5,8-9,13H,6-7,10,16H2,1-2H3/b11-8+/t13-/m1/s1. The van der Waals surface area contributed by atoms with Crippen molar-refractivity contribution in [2.45, 2.75) is 19.4 Å². The van der Waals surface area contributed by atoms with Crippen molar-refractivity contribution in [1.29, 1.82) is 0 Å². The summed E-state index contributed by atoms with van der Waals surface area (Å²) < 4.78 is 5.18. The molecule has 1 amide bonds. The molecule has 0 radical (unpaired) electrons. The van der Waals surface area contributed by atoms with E-state index in [0.717, 1.165) is 29.9 Å². The van der Waals surface area contributed by atoms with Gasteiger partial charge in [0.1, 0.15) is 5.75 Å². The quantitative estimate of drug-likeness (QED) is 0.841. The van der Waals surface area contributed by atoms with Crippen molar-refractivity contribution in [3.63, 3.8) is 0 Å². The Kier molecular flexibility index (Phi) is 4.22. The summed E-state index contributed by atoms with van der Waals surface area (Å²) in [6.45, 7) is 3.34. The average molecular weight is 260 g/mol. The van der Waals surface area contributed by atoms with E-state index in [1.807, 2.05) is 31.2 Å². The van der Waals surface area contributed by atoms with Crippen molar-refractivity contribution in [3.8, 4) is 5.75 Å². The van der Waals surface area contributed by atoms with Crippen LogP contribution in [0.5, 0.6) is 5.75 Å². The molecule has 1 fully saturated rings. The second kappa shape index (κ2) is 5.89. The van der Waals surface area contributed by atoms with Crippen molar-refractivity contribution in [2.75, 3.05) is 20.2 Å². The Bertz CT molecular complexity index is 497. The number of benzene rings is 1. The maximum Gasteiger partial charge on any atom is 0.246 e. The van der Waals surface area contributed by atoms with Crippen LogP contribution >= 0.6 is 0 Å². The first kappa shape index (κ1) is 13.6. The minimum absolute atomic E-state index is 0.0354. The number of likely N-dealkylation sites (tertiary alicyclic amines) is 1. The van der Waals surface area contributed by atoms with E-state index in [1.54, 1.807) is 18.1 Å². The molecular formula is C15H20N2O2. The van der Waals surface area contributed by atoms with Gasteiger partial charge in [0.2, 0.25) is 5.91 Å². The fraction of sp³-hybridized carbons (Fsp3) is 0.400. The normalized spacial score (nSPS) is 19.6. The number of allylic oxidation sites excluding steroid dienone is 1. The first-order valence-electron chi connectivity index (χ1n) is 6.47. The lowest BCUT2D eigenvalue weighted by Gasteiger charge is -2.14. The predicted molar refractivity (Wildman–Crippen MR) is 75.8 cm³/mol. The molecule has 0 aliphatic carbocycles. The van der Waals surface area contributed by atoms with Gasteiger partial charge in [0.15, 0.2) is 0 Å². The van der Waals surface area contributed by atoms with Crippen molar-refractivity contribution >= 4 is 11.5 Å². The van der Waals surface area contributed by atoms with Gasteiger partial charge in [-0.1, -0.05) is 12.1 Å². The lowest BCUT2D eigenvalue weighted by molar-refractivity contribution is -0.125. The number of hydrogen-bond donors (Lipinski definition) is 1. The number of nitrogens with two attached hydrogens (primary N) is 1. The number of carbonyl (C=O) groups excluding carboxylic acids is 1. The molecule has 4 nitrogen and oxygen atoms in total. The van der Waals surface area contributed by atoms with Crippen molar-refractivity contribution in [2.24, 2.45) is 5.73 Å².